The summed E-state index contributed by atoms with van der Waals surface area (Å²) in [6.07, 6.45) is 2.48. The number of rotatable bonds is 5. The predicted molar refractivity (Wildman–Crippen MR) is 69.9 cm³/mol. The molecule has 1 heterocycles. The summed E-state index contributed by atoms with van der Waals surface area (Å²) in [4.78, 5) is 1.36. The van der Waals surface area contributed by atoms with Gasteiger partial charge in [-0.3, -0.25) is 0 Å². The van der Waals surface area contributed by atoms with Crippen molar-refractivity contribution in [3.05, 3.63) is 20.8 Å². The first-order valence-corrected chi connectivity index (χ1v) is 6.72. The van der Waals surface area contributed by atoms with Crippen LogP contribution in [0.2, 0.25) is 4.34 Å². The van der Waals surface area contributed by atoms with Gasteiger partial charge in [0.1, 0.15) is 0 Å². The van der Waals surface area contributed by atoms with Gasteiger partial charge < -0.3 is 5.32 Å². The lowest BCUT2D eigenvalue weighted by molar-refractivity contribution is 0.389. The van der Waals surface area contributed by atoms with Crippen LogP contribution in [0.15, 0.2) is 6.07 Å². The quantitative estimate of drug-likeness (QED) is 0.811. The molecule has 1 rings (SSSR count). The summed E-state index contributed by atoms with van der Waals surface area (Å²) in [5.41, 5.74) is 1.20. The molecule has 3 heteroatoms. The van der Waals surface area contributed by atoms with E-state index >= 15 is 0 Å². The number of thiophene rings is 1. The molecule has 0 aliphatic rings. The average molecular weight is 246 g/mol. The van der Waals surface area contributed by atoms with Crippen molar-refractivity contribution < 1.29 is 0 Å². The molecule has 0 radical (unpaired) electrons. The fraction of sp³-hybridized carbons (Fsp3) is 0.667. The van der Waals surface area contributed by atoms with Gasteiger partial charge in [-0.05, 0) is 37.9 Å². The highest BCUT2D eigenvalue weighted by Gasteiger charge is 2.19. The Kier molecular flexibility index (Phi) is 5.10. The maximum atomic E-state index is 6.10. The van der Waals surface area contributed by atoms with Crippen LogP contribution in [-0.2, 0) is 0 Å². The van der Waals surface area contributed by atoms with Crippen molar-refractivity contribution in [2.75, 3.05) is 7.05 Å². The largest absolute Gasteiger partial charge is 0.312 e. The number of halogens is 1. The van der Waals surface area contributed by atoms with Crippen molar-refractivity contribution in [1.82, 2.24) is 5.32 Å². The molecule has 0 saturated heterocycles. The van der Waals surface area contributed by atoms with Gasteiger partial charge in [-0.15, -0.1) is 11.3 Å². The van der Waals surface area contributed by atoms with E-state index in [0.29, 0.717) is 12.0 Å². The van der Waals surface area contributed by atoms with Gasteiger partial charge in [-0.2, -0.15) is 0 Å². The lowest BCUT2D eigenvalue weighted by atomic mass is 9.95. The number of hydrogen-bond donors (Lipinski definition) is 1. The molecule has 0 amide bonds. The molecule has 1 aromatic heterocycles. The van der Waals surface area contributed by atoms with Gasteiger partial charge in [0, 0.05) is 10.9 Å². The maximum Gasteiger partial charge on any atom is 0.0960 e. The van der Waals surface area contributed by atoms with Gasteiger partial charge in [0.05, 0.1) is 4.34 Å². The molecule has 2 unspecified atom stereocenters. The molecule has 0 fully saturated rings. The Balaban J connectivity index is 2.82. The standard InChI is InChI=1S/C12H20ClNS/c1-5-6-8(2)11(14-4)10-7-9(3)12(13)15-10/h7-8,11,14H,5-6H2,1-4H3. The third-order valence-corrected chi connectivity index (χ3v) is 4.45. The molecular formula is C12H20ClNS. The van der Waals surface area contributed by atoms with Gasteiger partial charge in [-0.1, -0.05) is 31.9 Å². The summed E-state index contributed by atoms with van der Waals surface area (Å²) in [5.74, 6) is 0.661. The smallest absolute Gasteiger partial charge is 0.0960 e. The van der Waals surface area contributed by atoms with E-state index in [0.717, 1.165) is 4.34 Å². The maximum absolute atomic E-state index is 6.10. The predicted octanol–water partition coefficient (Wildman–Crippen LogP) is 4.41. The van der Waals surface area contributed by atoms with Crippen molar-refractivity contribution in [2.45, 2.75) is 39.7 Å². The van der Waals surface area contributed by atoms with E-state index in [4.69, 9.17) is 11.6 Å². The number of nitrogens with one attached hydrogen (secondary N) is 1. The van der Waals surface area contributed by atoms with Gasteiger partial charge in [0.15, 0.2) is 0 Å². The topological polar surface area (TPSA) is 12.0 Å². The van der Waals surface area contributed by atoms with E-state index in [1.165, 1.54) is 23.3 Å². The highest BCUT2D eigenvalue weighted by Crippen LogP contribution is 2.35. The molecule has 0 bridgehead atoms. The fourth-order valence-electron chi connectivity index (χ4n) is 1.97. The van der Waals surface area contributed by atoms with E-state index in [9.17, 15) is 0 Å². The molecule has 1 nitrogen and oxygen atoms in total. The molecule has 0 aliphatic carbocycles. The van der Waals surface area contributed by atoms with Crippen LogP contribution in [0.25, 0.3) is 0 Å². The molecule has 0 aromatic carbocycles. The Morgan fingerprint density at radius 2 is 2.20 bits per heavy atom. The molecule has 1 N–H and O–H groups in total. The first-order valence-electron chi connectivity index (χ1n) is 5.53. The summed E-state index contributed by atoms with van der Waals surface area (Å²) in [6.45, 7) is 6.60. The second kappa shape index (κ2) is 5.88. The Morgan fingerprint density at radius 3 is 2.60 bits per heavy atom. The summed E-state index contributed by atoms with van der Waals surface area (Å²) in [7, 11) is 2.03. The monoisotopic (exact) mass is 245 g/mol. The third-order valence-electron chi connectivity index (χ3n) is 2.81. The highest BCUT2D eigenvalue weighted by molar-refractivity contribution is 7.16. The SMILES string of the molecule is CCCC(C)C(NC)c1cc(C)c(Cl)s1. The second-order valence-electron chi connectivity index (χ2n) is 4.14. The van der Waals surface area contributed by atoms with Crippen LogP contribution in [0, 0.1) is 12.8 Å². The van der Waals surface area contributed by atoms with Crippen molar-refractivity contribution in [3.8, 4) is 0 Å². The Bertz CT molecular complexity index is 289. The van der Waals surface area contributed by atoms with Crippen LogP contribution < -0.4 is 5.32 Å². The van der Waals surface area contributed by atoms with Crippen LogP contribution in [0.5, 0.6) is 0 Å². The van der Waals surface area contributed by atoms with Crippen LogP contribution >= 0.6 is 22.9 Å². The molecule has 0 spiro atoms. The lowest BCUT2D eigenvalue weighted by Gasteiger charge is -2.21. The molecule has 1 aromatic rings. The number of hydrogen-bond acceptors (Lipinski definition) is 2. The summed E-state index contributed by atoms with van der Waals surface area (Å²) in [5, 5.41) is 3.40. The van der Waals surface area contributed by atoms with E-state index in [2.05, 4.69) is 32.2 Å². The average Bonchev–Trinajstić information content (AvgIpc) is 2.48. The second-order valence-corrected chi connectivity index (χ2v) is 5.82. The highest BCUT2D eigenvalue weighted by atomic mass is 35.5. The zero-order chi connectivity index (χ0) is 11.4. The minimum Gasteiger partial charge on any atom is -0.312 e. The first kappa shape index (κ1) is 13.0. The van der Waals surface area contributed by atoms with Crippen molar-refractivity contribution >= 4 is 22.9 Å². The van der Waals surface area contributed by atoms with Gasteiger partial charge in [0.2, 0.25) is 0 Å². The Morgan fingerprint density at radius 1 is 1.53 bits per heavy atom. The Labute approximate surface area is 102 Å². The van der Waals surface area contributed by atoms with Crippen molar-refractivity contribution in [2.24, 2.45) is 5.92 Å². The van der Waals surface area contributed by atoms with E-state index in [1.54, 1.807) is 11.3 Å². The molecular weight excluding hydrogens is 226 g/mol. The van der Waals surface area contributed by atoms with Crippen LogP contribution in [0.1, 0.15) is 43.2 Å². The van der Waals surface area contributed by atoms with Crippen molar-refractivity contribution in [1.29, 1.82) is 0 Å². The fourth-order valence-corrected chi connectivity index (χ4v) is 3.43. The molecule has 0 saturated carbocycles. The summed E-state index contributed by atoms with van der Waals surface area (Å²) < 4.78 is 0.925. The summed E-state index contributed by atoms with van der Waals surface area (Å²) >= 11 is 7.81. The first-order chi connectivity index (χ1) is 7.10. The molecule has 2 atom stereocenters. The third kappa shape index (κ3) is 3.20. The van der Waals surface area contributed by atoms with E-state index < -0.39 is 0 Å². The normalized spacial score (nSPS) is 15.3. The van der Waals surface area contributed by atoms with Gasteiger partial charge >= 0.3 is 0 Å². The van der Waals surface area contributed by atoms with Gasteiger partial charge in [0.25, 0.3) is 0 Å². The Hall–Kier alpha value is -0.0500. The zero-order valence-corrected chi connectivity index (χ0v) is 11.5. The van der Waals surface area contributed by atoms with E-state index in [1.807, 2.05) is 7.05 Å². The van der Waals surface area contributed by atoms with Crippen LogP contribution in [-0.4, -0.2) is 7.05 Å². The van der Waals surface area contributed by atoms with Crippen molar-refractivity contribution in [3.63, 3.8) is 0 Å². The van der Waals surface area contributed by atoms with Crippen LogP contribution in [0.3, 0.4) is 0 Å². The minimum atomic E-state index is 0.446. The van der Waals surface area contributed by atoms with E-state index in [-0.39, 0.29) is 0 Å². The molecule has 15 heavy (non-hydrogen) atoms. The zero-order valence-electron chi connectivity index (χ0n) is 9.93. The van der Waals surface area contributed by atoms with Crippen LogP contribution in [0.4, 0.5) is 0 Å². The molecule has 86 valence electrons. The summed E-state index contributed by atoms with van der Waals surface area (Å²) in [6, 6.07) is 2.65. The minimum absolute atomic E-state index is 0.446. The number of aryl methyl sites for hydroxylation is 1. The lowest BCUT2D eigenvalue weighted by Crippen LogP contribution is -2.22. The molecule has 0 aliphatic heterocycles. The van der Waals surface area contributed by atoms with Gasteiger partial charge in [-0.25, -0.2) is 0 Å².